The summed E-state index contributed by atoms with van der Waals surface area (Å²) in [5.41, 5.74) is 0.796. The van der Waals surface area contributed by atoms with Gasteiger partial charge in [-0.3, -0.25) is 4.98 Å². The minimum atomic E-state index is -3.48. The quantitative estimate of drug-likeness (QED) is 0.918. The van der Waals surface area contributed by atoms with Gasteiger partial charge in [0, 0.05) is 36.9 Å². The summed E-state index contributed by atoms with van der Waals surface area (Å²) in [6, 6.07) is 5.37. The van der Waals surface area contributed by atoms with Gasteiger partial charge in [-0.15, -0.1) is 0 Å². The number of hydrogen-bond donors (Lipinski definition) is 1. The molecule has 2 heterocycles. The maximum Gasteiger partial charge on any atom is 0.243 e. The van der Waals surface area contributed by atoms with Crippen molar-refractivity contribution in [2.45, 2.75) is 31.2 Å². The molecule has 0 radical (unpaired) electrons. The molecule has 6 heteroatoms. The zero-order valence-electron chi connectivity index (χ0n) is 12.9. The van der Waals surface area contributed by atoms with Crippen LogP contribution < -0.4 is 5.32 Å². The van der Waals surface area contributed by atoms with Crippen molar-refractivity contribution in [1.82, 2.24) is 14.6 Å². The smallest absolute Gasteiger partial charge is 0.243 e. The Morgan fingerprint density at radius 2 is 2.14 bits per heavy atom. The molecule has 5 nitrogen and oxygen atoms in total. The molecule has 1 saturated heterocycles. The lowest BCUT2D eigenvalue weighted by molar-refractivity contribution is 0.353. The first kappa shape index (κ1) is 15.4. The topological polar surface area (TPSA) is 62.3 Å². The number of pyridine rings is 1. The molecule has 0 amide bonds. The predicted octanol–water partition coefficient (Wildman–Crippen LogP) is 1.92. The molecule has 0 aliphatic carbocycles. The normalized spacial score (nSPS) is 20.9. The fourth-order valence-corrected chi connectivity index (χ4v) is 4.97. The number of hydrogen-bond acceptors (Lipinski definition) is 4. The highest BCUT2D eigenvalue weighted by atomic mass is 32.2. The third kappa shape index (κ3) is 2.62. The van der Waals surface area contributed by atoms with Crippen molar-refractivity contribution in [2.75, 3.05) is 19.6 Å². The molecule has 1 N–H and O–H groups in total. The zero-order chi connectivity index (χ0) is 15.7. The average Bonchev–Trinajstić information content (AvgIpc) is 2.72. The second-order valence-corrected chi connectivity index (χ2v) is 7.67. The van der Waals surface area contributed by atoms with Gasteiger partial charge in [-0.25, -0.2) is 8.42 Å². The van der Waals surface area contributed by atoms with Crippen molar-refractivity contribution in [2.24, 2.45) is 0 Å². The highest BCUT2D eigenvalue weighted by Gasteiger charge is 2.31. The molecule has 118 valence electrons. The van der Waals surface area contributed by atoms with Gasteiger partial charge in [0.1, 0.15) is 0 Å². The van der Waals surface area contributed by atoms with E-state index in [2.05, 4.69) is 10.3 Å². The molecule has 2 aromatic rings. The first-order chi connectivity index (χ1) is 10.5. The van der Waals surface area contributed by atoms with Gasteiger partial charge in [0.2, 0.25) is 10.0 Å². The fourth-order valence-electron chi connectivity index (χ4n) is 3.06. The van der Waals surface area contributed by atoms with E-state index >= 15 is 0 Å². The van der Waals surface area contributed by atoms with Gasteiger partial charge >= 0.3 is 0 Å². The Morgan fingerprint density at radius 3 is 2.95 bits per heavy atom. The van der Waals surface area contributed by atoms with Crippen LogP contribution in [0.15, 0.2) is 35.5 Å². The van der Waals surface area contributed by atoms with E-state index < -0.39 is 10.0 Å². The van der Waals surface area contributed by atoms with E-state index in [4.69, 9.17) is 0 Å². The van der Waals surface area contributed by atoms with E-state index in [1.54, 1.807) is 22.8 Å². The Kier molecular flexibility index (Phi) is 4.16. The molecule has 22 heavy (non-hydrogen) atoms. The van der Waals surface area contributed by atoms with Crippen LogP contribution in [-0.4, -0.2) is 43.4 Å². The zero-order valence-corrected chi connectivity index (χ0v) is 13.7. The molecule has 0 spiro atoms. The molecular formula is C16H21N3O2S. The highest BCUT2D eigenvalue weighted by molar-refractivity contribution is 7.89. The third-order valence-electron chi connectivity index (χ3n) is 4.29. The lowest BCUT2D eigenvalue weighted by Gasteiger charge is -2.27. The molecule has 1 aliphatic heterocycles. The second-order valence-electron chi connectivity index (χ2n) is 5.81. The summed E-state index contributed by atoms with van der Waals surface area (Å²) in [7, 11) is -3.48. The van der Waals surface area contributed by atoms with Crippen molar-refractivity contribution >= 4 is 20.8 Å². The Balaban J connectivity index is 2.10. The summed E-state index contributed by atoms with van der Waals surface area (Å²) in [6.45, 7) is 5.94. The average molecular weight is 319 g/mol. The van der Waals surface area contributed by atoms with Crippen LogP contribution in [0.25, 0.3) is 10.8 Å². The minimum absolute atomic E-state index is 0.0416. The molecule has 1 aliphatic rings. The first-order valence-corrected chi connectivity index (χ1v) is 9.01. The van der Waals surface area contributed by atoms with Gasteiger partial charge in [-0.1, -0.05) is 6.07 Å². The summed E-state index contributed by atoms with van der Waals surface area (Å²) in [5, 5.41) is 5.18. The van der Waals surface area contributed by atoms with Crippen molar-refractivity contribution in [3.63, 3.8) is 0 Å². The Labute approximate surface area is 131 Å². The summed E-state index contributed by atoms with van der Waals surface area (Å²) < 4.78 is 27.8. The maximum absolute atomic E-state index is 13.1. The Hall–Kier alpha value is -1.50. The van der Waals surface area contributed by atoms with Crippen LogP contribution >= 0.6 is 0 Å². The SMILES string of the molecule is Cc1c(S(=O)(=O)N2CCCNCC2C)ccc2cnccc12. The summed E-state index contributed by atoms with van der Waals surface area (Å²) in [6.07, 6.45) is 4.29. The number of aryl methyl sites for hydroxylation is 1. The highest BCUT2D eigenvalue weighted by Crippen LogP contribution is 2.28. The van der Waals surface area contributed by atoms with E-state index in [1.165, 1.54) is 0 Å². The van der Waals surface area contributed by atoms with Crippen LogP contribution in [0.2, 0.25) is 0 Å². The Bertz CT molecular complexity index is 789. The fraction of sp³-hybridized carbons (Fsp3) is 0.438. The van der Waals surface area contributed by atoms with Gasteiger partial charge in [-0.05, 0) is 49.9 Å². The van der Waals surface area contributed by atoms with E-state index in [-0.39, 0.29) is 6.04 Å². The van der Waals surface area contributed by atoms with Gasteiger partial charge in [0.05, 0.1) is 4.90 Å². The molecule has 0 saturated carbocycles. The van der Waals surface area contributed by atoms with E-state index in [0.717, 1.165) is 29.3 Å². The second kappa shape index (κ2) is 5.95. The van der Waals surface area contributed by atoms with Gasteiger partial charge in [0.25, 0.3) is 0 Å². The van der Waals surface area contributed by atoms with Crippen molar-refractivity contribution < 1.29 is 8.42 Å². The number of nitrogens with zero attached hydrogens (tertiary/aromatic N) is 2. The van der Waals surface area contributed by atoms with E-state index in [1.807, 2.05) is 26.0 Å². The molecule has 1 fully saturated rings. The maximum atomic E-state index is 13.1. The summed E-state index contributed by atoms with van der Waals surface area (Å²) in [5.74, 6) is 0. The molecule has 1 atom stereocenters. The van der Waals surface area contributed by atoms with Crippen LogP contribution in [-0.2, 0) is 10.0 Å². The van der Waals surface area contributed by atoms with Crippen LogP contribution in [0.3, 0.4) is 0 Å². The van der Waals surface area contributed by atoms with E-state index in [0.29, 0.717) is 18.0 Å². The van der Waals surface area contributed by atoms with Crippen LogP contribution in [0.4, 0.5) is 0 Å². The number of rotatable bonds is 2. The molecule has 1 unspecified atom stereocenters. The number of fused-ring (bicyclic) bond motifs is 1. The van der Waals surface area contributed by atoms with Crippen molar-refractivity contribution in [1.29, 1.82) is 0 Å². The number of benzene rings is 1. The molecule has 1 aromatic heterocycles. The number of aromatic nitrogens is 1. The minimum Gasteiger partial charge on any atom is -0.315 e. The molecule has 3 rings (SSSR count). The van der Waals surface area contributed by atoms with Crippen LogP contribution in [0, 0.1) is 6.92 Å². The lowest BCUT2D eigenvalue weighted by atomic mass is 10.1. The van der Waals surface area contributed by atoms with Crippen molar-refractivity contribution in [3.8, 4) is 0 Å². The van der Waals surface area contributed by atoms with E-state index in [9.17, 15) is 8.42 Å². The Morgan fingerprint density at radius 1 is 1.32 bits per heavy atom. The standard InChI is InChI=1S/C16H21N3O2S/c1-12-10-17-7-3-9-19(12)22(20,21)16-5-4-14-11-18-8-6-15(14)13(16)2/h4-6,8,11-12,17H,3,7,9-10H2,1-2H3. The van der Waals surface area contributed by atoms with Crippen LogP contribution in [0.1, 0.15) is 18.9 Å². The summed E-state index contributed by atoms with van der Waals surface area (Å²) >= 11 is 0. The number of sulfonamides is 1. The largest absolute Gasteiger partial charge is 0.315 e. The van der Waals surface area contributed by atoms with Crippen LogP contribution in [0.5, 0.6) is 0 Å². The lowest BCUT2D eigenvalue weighted by Crippen LogP contribution is -2.41. The van der Waals surface area contributed by atoms with Gasteiger partial charge in [0.15, 0.2) is 0 Å². The predicted molar refractivity (Wildman–Crippen MR) is 87.3 cm³/mol. The van der Waals surface area contributed by atoms with Gasteiger partial charge in [-0.2, -0.15) is 4.31 Å². The van der Waals surface area contributed by atoms with Gasteiger partial charge < -0.3 is 5.32 Å². The molecular weight excluding hydrogens is 298 g/mol. The summed E-state index contributed by atoms with van der Waals surface area (Å²) in [4.78, 5) is 4.49. The first-order valence-electron chi connectivity index (χ1n) is 7.57. The third-order valence-corrected chi connectivity index (χ3v) is 6.45. The molecule has 0 bridgehead atoms. The number of nitrogens with one attached hydrogen (secondary N) is 1. The monoisotopic (exact) mass is 319 g/mol. The molecule has 1 aromatic carbocycles. The van der Waals surface area contributed by atoms with Crippen molar-refractivity contribution in [3.05, 3.63) is 36.2 Å².